The van der Waals surface area contributed by atoms with E-state index >= 15 is 0 Å². The van der Waals surface area contributed by atoms with Gasteiger partial charge in [-0.05, 0) is 35.3 Å². The van der Waals surface area contributed by atoms with Crippen molar-refractivity contribution in [2.45, 2.75) is 19.4 Å². The van der Waals surface area contributed by atoms with Crippen molar-refractivity contribution in [3.05, 3.63) is 22.4 Å². The molecule has 1 unspecified atom stereocenters. The van der Waals surface area contributed by atoms with Crippen LogP contribution in [0.2, 0.25) is 0 Å². The number of hydrogen-bond donors (Lipinski definition) is 3. The van der Waals surface area contributed by atoms with Gasteiger partial charge in [-0.2, -0.15) is 0 Å². The van der Waals surface area contributed by atoms with Crippen LogP contribution in [0.1, 0.15) is 23.8 Å². The maximum Gasteiger partial charge on any atom is 0.267 e. The maximum absolute atomic E-state index is 11.4. The Morgan fingerprint density at radius 2 is 2.50 bits per heavy atom. The van der Waals surface area contributed by atoms with Crippen LogP contribution >= 0.6 is 15.9 Å². The number of amides is 1. The molecule has 1 aromatic heterocycles. The van der Waals surface area contributed by atoms with Gasteiger partial charge in [0.1, 0.15) is 5.69 Å². The van der Waals surface area contributed by atoms with E-state index in [4.69, 9.17) is 5.11 Å². The largest absolute Gasteiger partial charge is 0.393 e. The molecule has 0 fully saturated rings. The van der Waals surface area contributed by atoms with Gasteiger partial charge in [0.25, 0.3) is 5.91 Å². The minimum Gasteiger partial charge on any atom is -0.393 e. The van der Waals surface area contributed by atoms with Crippen molar-refractivity contribution in [2.75, 3.05) is 6.54 Å². The van der Waals surface area contributed by atoms with Crippen molar-refractivity contribution in [3.8, 4) is 0 Å². The Morgan fingerprint density at radius 3 is 3.00 bits per heavy atom. The van der Waals surface area contributed by atoms with Gasteiger partial charge in [0.05, 0.1) is 6.10 Å². The summed E-state index contributed by atoms with van der Waals surface area (Å²) in [7, 11) is 0. The van der Waals surface area contributed by atoms with Gasteiger partial charge in [0.2, 0.25) is 0 Å². The van der Waals surface area contributed by atoms with E-state index in [2.05, 4.69) is 26.2 Å². The Hall–Kier alpha value is -0.810. The fraction of sp³-hybridized carbons (Fsp3) is 0.444. The molecule has 1 heterocycles. The van der Waals surface area contributed by atoms with Crippen molar-refractivity contribution in [3.63, 3.8) is 0 Å². The summed E-state index contributed by atoms with van der Waals surface area (Å²) in [5.74, 6) is -0.156. The van der Waals surface area contributed by atoms with Crippen molar-refractivity contribution >= 4 is 21.8 Å². The lowest BCUT2D eigenvalue weighted by Crippen LogP contribution is -2.26. The van der Waals surface area contributed by atoms with Gasteiger partial charge in [-0.25, -0.2) is 0 Å². The Bertz CT molecular complexity index is 310. The number of carbonyl (C=O) groups is 1. The van der Waals surface area contributed by atoms with E-state index in [0.717, 1.165) is 4.47 Å². The molecule has 1 amide bonds. The van der Waals surface area contributed by atoms with Crippen LogP contribution in [0.15, 0.2) is 16.7 Å². The van der Waals surface area contributed by atoms with Crippen molar-refractivity contribution < 1.29 is 9.90 Å². The number of nitrogens with one attached hydrogen (secondary N) is 2. The molecule has 0 aliphatic heterocycles. The summed E-state index contributed by atoms with van der Waals surface area (Å²) >= 11 is 3.24. The molecule has 5 heteroatoms. The van der Waals surface area contributed by atoms with Crippen LogP contribution < -0.4 is 5.32 Å². The number of rotatable bonds is 4. The first-order valence-electron chi connectivity index (χ1n) is 4.40. The molecule has 1 atom stereocenters. The number of aromatic amines is 1. The first-order chi connectivity index (χ1) is 6.59. The van der Waals surface area contributed by atoms with Crippen molar-refractivity contribution in [2.24, 2.45) is 0 Å². The normalized spacial score (nSPS) is 12.5. The summed E-state index contributed by atoms with van der Waals surface area (Å²) in [6.07, 6.45) is 1.88. The molecule has 0 spiro atoms. The number of carbonyl (C=O) groups excluding carboxylic acids is 1. The molecule has 3 N–H and O–H groups in total. The molecule has 0 aromatic carbocycles. The molecule has 0 aliphatic carbocycles. The number of H-pyrrole nitrogens is 1. The fourth-order valence-electron chi connectivity index (χ4n) is 0.989. The molecule has 0 saturated heterocycles. The molecule has 0 radical (unpaired) electrons. The first-order valence-corrected chi connectivity index (χ1v) is 5.19. The van der Waals surface area contributed by atoms with Crippen LogP contribution in [0, 0.1) is 0 Å². The van der Waals surface area contributed by atoms with Gasteiger partial charge in [-0.1, -0.05) is 0 Å². The third-order valence-electron chi connectivity index (χ3n) is 1.74. The lowest BCUT2D eigenvalue weighted by molar-refractivity contribution is 0.0941. The van der Waals surface area contributed by atoms with E-state index in [-0.39, 0.29) is 12.0 Å². The zero-order valence-corrected chi connectivity index (χ0v) is 9.47. The minimum absolute atomic E-state index is 0.156. The summed E-state index contributed by atoms with van der Waals surface area (Å²) < 4.78 is 0.846. The summed E-state index contributed by atoms with van der Waals surface area (Å²) in [5.41, 5.74) is 0.516. The molecule has 14 heavy (non-hydrogen) atoms. The van der Waals surface area contributed by atoms with Crippen LogP contribution in [0.25, 0.3) is 0 Å². The Balaban J connectivity index is 2.36. The van der Waals surface area contributed by atoms with Gasteiger partial charge in [-0.3, -0.25) is 4.79 Å². The van der Waals surface area contributed by atoms with E-state index in [9.17, 15) is 4.79 Å². The lowest BCUT2D eigenvalue weighted by atomic mass is 10.3. The highest BCUT2D eigenvalue weighted by molar-refractivity contribution is 9.10. The SMILES string of the molecule is CC(O)CCNC(=O)c1cc(Br)c[nH]1. The summed E-state index contributed by atoms with van der Waals surface area (Å²) in [4.78, 5) is 14.2. The van der Waals surface area contributed by atoms with Crippen LogP contribution in [-0.2, 0) is 0 Å². The zero-order valence-electron chi connectivity index (χ0n) is 7.88. The molecule has 78 valence electrons. The fourth-order valence-corrected chi connectivity index (χ4v) is 1.33. The third kappa shape index (κ3) is 3.51. The standard InChI is InChI=1S/C9H13BrN2O2/c1-6(13)2-3-11-9(14)8-4-7(10)5-12-8/h4-6,12-13H,2-3H2,1H3,(H,11,14). The first kappa shape index (κ1) is 11.3. The second-order valence-corrected chi connectivity index (χ2v) is 4.04. The second kappa shape index (κ2) is 5.17. The molecule has 4 nitrogen and oxygen atoms in total. The van der Waals surface area contributed by atoms with Gasteiger partial charge in [0, 0.05) is 17.2 Å². The molecule has 0 bridgehead atoms. The molecule has 1 rings (SSSR count). The summed E-state index contributed by atoms with van der Waals surface area (Å²) in [6.45, 7) is 2.17. The van der Waals surface area contributed by atoms with E-state index in [1.54, 1.807) is 19.2 Å². The molecule has 0 saturated carbocycles. The maximum atomic E-state index is 11.4. The van der Waals surface area contributed by atoms with Gasteiger partial charge in [0.15, 0.2) is 0 Å². The van der Waals surface area contributed by atoms with E-state index in [1.807, 2.05) is 0 Å². The minimum atomic E-state index is -0.384. The van der Waals surface area contributed by atoms with E-state index < -0.39 is 0 Å². The quantitative estimate of drug-likeness (QED) is 0.764. The average molecular weight is 261 g/mol. The van der Waals surface area contributed by atoms with Crippen LogP contribution in [-0.4, -0.2) is 28.6 Å². The van der Waals surface area contributed by atoms with Crippen LogP contribution in [0.3, 0.4) is 0 Å². The molecule has 0 aliphatic rings. The zero-order chi connectivity index (χ0) is 10.6. The number of halogens is 1. The summed E-state index contributed by atoms with van der Waals surface area (Å²) in [6, 6.07) is 1.71. The Morgan fingerprint density at radius 1 is 1.79 bits per heavy atom. The lowest BCUT2D eigenvalue weighted by Gasteiger charge is -2.05. The van der Waals surface area contributed by atoms with Gasteiger partial charge in [-0.15, -0.1) is 0 Å². The highest BCUT2D eigenvalue weighted by Crippen LogP contribution is 2.10. The smallest absolute Gasteiger partial charge is 0.267 e. The molecular weight excluding hydrogens is 248 g/mol. The van der Waals surface area contributed by atoms with Crippen molar-refractivity contribution in [1.82, 2.24) is 10.3 Å². The predicted octanol–water partition coefficient (Wildman–Crippen LogP) is 1.28. The third-order valence-corrected chi connectivity index (χ3v) is 2.20. The number of aromatic nitrogens is 1. The predicted molar refractivity (Wildman–Crippen MR) is 57.1 cm³/mol. The average Bonchev–Trinajstić information content (AvgIpc) is 2.51. The topological polar surface area (TPSA) is 65.1 Å². The summed E-state index contributed by atoms with van der Waals surface area (Å²) in [5, 5.41) is 11.7. The highest BCUT2D eigenvalue weighted by Gasteiger charge is 2.06. The number of hydrogen-bond acceptors (Lipinski definition) is 2. The number of aliphatic hydroxyl groups is 1. The Labute approximate surface area is 90.8 Å². The monoisotopic (exact) mass is 260 g/mol. The molecular formula is C9H13BrN2O2. The van der Waals surface area contributed by atoms with Crippen molar-refractivity contribution in [1.29, 1.82) is 0 Å². The second-order valence-electron chi connectivity index (χ2n) is 3.13. The van der Waals surface area contributed by atoms with E-state index in [1.165, 1.54) is 0 Å². The van der Waals surface area contributed by atoms with Gasteiger partial charge < -0.3 is 15.4 Å². The Kier molecular flexibility index (Phi) is 4.16. The number of aliphatic hydroxyl groups excluding tert-OH is 1. The van der Waals surface area contributed by atoms with E-state index in [0.29, 0.717) is 18.7 Å². The highest BCUT2D eigenvalue weighted by atomic mass is 79.9. The van der Waals surface area contributed by atoms with Crippen LogP contribution in [0.5, 0.6) is 0 Å². The van der Waals surface area contributed by atoms with Gasteiger partial charge >= 0.3 is 0 Å². The van der Waals surface area contributed by atoms with Crippen LogP contribution in [0.4, 0.5) is 0 Å². The molecule has 1 aromatic rings.